The van der Waals surface area contributed by atoms with Crippen molar-refractivity contribution < 1.29 is 9.18 Å². The summed E-state index contributed by atoms with van der Waals surface area (Å²) in [7, 11) is 0. The van der Waals surface area contributed by atoms with Gasteiger partial charge in [0.15, 0.2) is 0 Å². The number of nitrogens with zero attached hydrogens (tertiary/aromatic N) is 2. The zero-order valence-electron chi connectivity index (χ0n) is 8.52. The average Bonchev–Trinajstić information content (AvgIpc) is 2.32. The smallest absolute Gasteiger partial charge is 0.261 e. The lowest BCUT2D eigenvalue weighted by Crippen LogP contribution is -2.15. The van der Waals surface area contributed by atoms with Crippen LogP contribution in [0, 0.1) is 5.95 Å². The van der Waals surface area contributed by atoms with Gasteiger partial charge in [0, 0.05) is 16.9 Å². The molecule has 0 unspecified atom stereocenters. The molecule has 0 aliphatic heterocycles. The van der Waals surface area contributed by atoms with Crippen LogP contribution in [0.3, 0.4) is 0 Å². The van der Waals surface area contributed by atoms with Gasteiger partial charge in [0.2, 0.25) is 5.95 Å². The number of halogens is 2. The van der Waals surface area contributed by atoms with Crippen LogP contribution in [0.4, 0.5) is 10.2 Å². The lowest BCUT2D eigenvalue weighted by molar-refractivity contribution is 0.102. The average molecular weight is 296 g/mol. The first-order chi connectivity index (χ1) is 8.16. The molecule has 1 N–H and O–H groups in total. The Morgan fingerprint density at radius 2 is 2.12 bits per heavy atom. The number of hydrogen-bond donors (Lipinski definition) is 1. The van der Waals surface area contributed by atoms with Gasteiger partial charge in [-0.2, -0.15) is 4.39 Å². The molecule has 0 aliphatic carbocycles. The van der Waals surface area contributed by atoms with Crippen molar-refractivity contribution in [1.82, 2.24) is 9.97 Å². The quantitative estimate of drug-likeness (QED) is 0.867. The summed E-state index contributed by atoms with van der Waals surface area (Å²) in [6.45, 7) is 0. The molecule has 2 rings (SSSR count). The summed E-state index contributed by atoms with van der Waals surface area (Å²) in [5.41, 5.74) is -0.114. The highest BCUT2D eigenvalue weighted by Crippen LogP contribution is 2.12. The molecule has 4 nitrogen and oxygen atoms in total. The van der Waals surface area contributed by atoms with Crippen molar-refractivity contribution in [2.75, 3.05) is 5.32 Å². The van der Waals surface area contributed by atoms with Crippen molar-refractivity contribution in [3.05, 3.63) is 52.6 Å². The summed E-state index contributed by atoms with van der Waals surface area (Å²) < 4.78 is 14.0. The molecule has 2 aromatic heterocycles. The number of rotatable bonds is 2. The molecule has 0 fully saturated rings. The molecule has 0 aliphatic rings. The van der Waals surface area contributed by atoms with E-state index in [9.17, 15) is 9.18 Å². The molecule has 17 heavy (non-hydrogen) atoms. The first-order valence-electron chi connectivity index (χ1n) is 4.70. The molecule has 0 aromatic carbocycles. The minimum atomic E-state index is -0.804. The van der Waals surface area contributed by atoms with E-state index in [-0.39, 0.29) is 5.56 Å². The number of hydrogen-bond acceptors (Lipinski definition) is 3. The molecule has 0 spiro atoms. The van der Waals surface area contributed by atoms with Crippen LogP contribution in [0.1, 0.15) is 10.4 Å². The Hall–Kier alpha value is -1.82. The van der Waals surface area contributed by atoms with Crippen molar-refractivity contribution in [3.8, 4) is 0 Å². The molecule has 0 bridgehead atoms. The lowest BCUT2D eigenvalue weighted by Gasteiger charge is -2.04. The summed E-state index contributed by atoms with van der Waals surface area (Å²) in [4.78, 5) is 19.0. The molecular weight excluding hydrogens is 289 g/mol. The van der Waals surface area contributed by atoms with Gasteiger partial charge >= 0.3 is 0 Å². The molecule has 0 atom stereocenters. The lowest BCUT2D eigenvalue weighted by atomic mass is 10.2. The van der Waals surface area contributed by atoms with E-state index in [1.165, 1.54) is 24.5 Å². The maximum Gasteiger partial charge on any atom is 0.261 e. The summed E-state index contributed by atoms with van der Waals surface area (Å²) in [5.74, 6) is -1.03. The Balaban J connectivity index is 2.17. The Bertz CT molecular complexity index is 545. The summed E-state index contributed by atoms with van der Waals surface area (Å²) in [5, 5.41) is 2.48. The van der Waals surface area contributed by atoms with E-state index in [0.29, 0.717) is 5.82 Å². The van der Waals surface area contributed by atoms with Crippen molar-refractivity contribution in [3.63, 3.8) is 0 Å². The van der Waals surface area contributed by atoms with Crippen LogP contribution in [0.25, 0.3) is 0 Å². The highest BCUT2D eigenvalue weighted by Gasteiger charge is 2.12. The standard InChI is InChI=1S/C11H7BrFN3O/c12-7-3-4-9(15-6-7)16-11(17)8-2-1-5-14-10(8)13/h1-6H,(H,15,16,17). The Morgan fingerprint density at radius 1 is 1.29 bits per heavy atom. The van der Waals surface area contributed by atoms with E-state index in [4.69, 9.17) is 0 Å². The van der Waals surface area contributed by atoms with Gasteiger partial charge in [0.05, 0.1) is 5.56 Å². The topological polar surface area (TPSA) is 54.9 Å². The van der Waals surface area contributed by atoms with Crippen molar-refractivity contribution in [2.45, 2.75) is 0 Å². The summed E-state index contributed by atoms with van der Waals surface area (Å²) in [6.07, 6.45) is 2.82. The van der Waals surface area contributed by atoms with E-state index in [2.05, 4.69) is 31.2 Å². The van der Waals surface area contributed by atoms with Gasteiger partial charge in [-0.25, -0.2) is 9.97 Å². The minimum Gasteiger partial charge on any atom is -0.306 e. The molecular formula is C11H7BrFN3O. The third kappa shape index (κ3) is 2.85. The zero-order chi connectivity index (χ0) is 12.3. The van der Waals surface area contributed by atoms with Crippen LogP contribution in [0.15, 0.2) is 41.1 Å². The van der Waals surface area contributed by atoms with E-state index >= 15 is 0 Å². The molecule has 2 heterocycles. The fraction of sp³-hybridized carbons (Fsp3) is 0. The molecule has 1 amide bonds. The predicted octanol–water partition coefficient (Wildman–Crippen LogP) is 2.63. The van der Waals surface area contributed by atoms with Crippen LogP contribution in [0.5, 0.6) is 0 Å². The third-order valence-corrected chi connectivity index (χ3v) is 2.44. The van der Waals surface area contributed by atoms with Crippen LogP contribution in [-0.4, -0.2) is 15.9 Å². The SMILES string of the molecule is O=C(Nc1ccc(Br)cn1)c1cccnc1F. The first-order valence-corrected chi connectivity index (χ1v) is 5.49. The molecule has 2 aromatic rings. The maximum atomic E-state index is 13.2. The largest absolute Gasteiger partial charge is 0.306 e. The second-order valence-corrected chi connectivity index (χ2v) is 4.07. The highest BCUT2D eigenvalue weighted by atomic mass is 79.9. The molecule has 0 saturated carbocycles. The van der Waals surface area contributed by atoms with Crippen LogP contribution in [-0.2, 0) is 0 Å². The maximum absolute atomic E-state index is 13.2. The zero-order valence-corrected chi connectivity index (χ0v) is 10.1. The molecule has 86 valence electrons. The van der Waals surface area contributed by atoms with E-state index in [1.807, 2.05) is 0 Å². The number of carbonyl (C=O) groups is 1. The van der Waals surface area contributed by atoms with Crippen molar-refractivity contribution in [2.24, 2.45) is 0 Å². The second kappa shape index (κ2) is 5.01. The van der Waals surface area contributed by atoms with Gasteiger partial charge in [-0.1, -0.05) is 0 Å². The van der Waals surface area contributed by atoms with Crippen LogP contribution in [0.2, 0.25) is 0 Å². The normalized spacial score (nSPS) is 10.0. The summed E-state index contributed by atoms with van der Waals surface area (Å²) >= 11 is 3.22. The van der Waals surface area contributed by atoms with Crippen LogP contribution < -0.4 is 5.32 Å². The van der Waals surface area contributed by atoms with Gasteiger partial charge in [-0.05, 0) is 40.2 Å². The summed E-state index contributed by atoms with van der Waals surface area (Å²) in [6, 6.07) is 6.18. The van der Waals surface area contributed by atoms with Gasteiger partial charge in [0.25, 0.3) is 5.91 Å². The monoisotopic (exact) mass is 295 g/mol. The molecule has 6 heteroatoms. The predicted molar refractivity (Wildman–Crippen MR) is 64.1 cm³/mol. The van der Waals surface area contributed by atoms with Crippen molar-refractivity contribution >= 4 is 27.7 Å². The fourth-order valence-corrected chi connectivity index (χ4v) is 1.42. The second-order valence-electron chi connectivity index (χ2n) is 3.16. The Kier molecular flexibility index (Phi) is 3.43. The van der Waals surface area contributed by atoms with Crippen LogP contribution >= 0.6 is 15.9 Å². The number of nitrogens with one attached hydrogen (secondary N) is 1. The third-order valence-electron chi connectivity index (χ3n) is 1.97. The molecule has 0 saturated heterocycles. The Morgan fingerprint density at radius 3 is 2.76 bits per heavy atom. The van der Waals surface area contributed by atoms with Gasteiger partial charge < -0.3 is 5.32 Å². The number of anilines is 1. The van der Waals surface area contributed by atoms with Gasteiger partial charge in [-0.15, -0.1) is 0 Å². The van der Waals surface area contributed by atoms with Gasteiger partial charge in [0.1, 0.15) is 5.82 Å². The van der Waals surface area contributed by atoms with E-state index in [1.54, 1.807) is 12.1 Å². The number of amides is 1. The minimum absolute atomic E-state index is 0.114. The fourth-order valence-electron chi connectivity index (χ4n) is 1.19. The first kappa shape index (κ1) is 11.7. The van der Waals surface area contributed by atoms with Crippen molar-refractivity contribution in [1.29, 1.82) is 0 Å². The number of pyridine rings is 2. The highest BCUT2D eigenvalue weighted by molar-refractivity contribution is 9.10. The van der Waals surface area contributed by atoms with Gasteiger partial charge in [-0.3, -0.25) is 4.79 Å². The number of aromatic nitrogens is 2. The van der Waals surface area contributed by atoms with E-state index in [0.717, 1.165) is 4.47 Å². The van der Waals surface area contributed by atoms with E-state index < -0.39 is 11.9 Å². The number of carbonyl (C=O) groups excluding carboxylic acids is 1. The molecule has 0 radical (unpaired) electrons. The Labute approximate surface area is 105 Å².